The van der Waals surface area contributed by atoms with Crippen LogP contribution in [0.3, 0.4) is 0 Å². The first-order chi connectivity index (χ1) is 9.36. The summed E-state index contributed by atoms with van der Waals surface area (Å²) in [7, 11) is 0. The predicted octanol–water partition coefficient (Wildman–Crippen LogP) is -0.756. The maximum atomic E-state index is 12.4. The molecule has 0 aliphatic carbocycles. The second kappa shape index (κ2) is 4.89. The Morgan fingerprint density at radius 2 is 2.15 bits per heavy atom. The maximum absolute atomic E-state index is 12.4. The Labute approximate surface area is 115 Å². The largest absolute Gasteiger partial charge is 0.314 e. The van der Waals surface area contributed by atoms with E-state index in [4.69, 9.17) is 5.84 Å². The van der Waals surface area contributed by atoms with Gasteiger partial charge in [-0.25, -0.2) is 10.8 Å². The minimum absolute atomic E-state index is 0.107. The molecule has 8 nitrogen and oxygen atoms in total. The van der Waals surface area contributed by atoms with E-state index in [0.29, 0.717) is 5.82 Å². The summed E-state index contributed by atoms with van der Waals surface area (Å²) in [5, 5.41) is 2.20. The average Bonchev–Trinajstić information content (AvgIpc) is 2.42. The van der Waals surface area contributed by atoms with Crippen molar-refractivity contribution in [2.24, 2.45) is 5.84 Å². The van der Waals surface area contributed by atoms with Crippen LogP contribution in [0.5, 0.6) is 0 Å². The lowest BCUT2D eigenvalue weighted by atomic mass is 9.98. The van der Waals surface area contributed by atoms with Crippen LogP contribution in [-0.2, 0) is 9.59 Å². The van der Waals surface area contributed by atoms with Crippen LogP contribution in [0, 0.1) is 0 Å². The summed E-state index contributed by atoms with van der Waals surface area (Å²) < 4.78 is 0. The lowest BCUT2D eigenvalue weighted by Gasteiger charge is -2.39. The van der Waals surface area contributed by atoms with Gasteiger partial charge in [0.1, 0.15) is 23.6 Å². The molecule has 0 radical (unpaired) electrons. The molecule has 0 unspecified atom stereocenters. The molecule has 2 heterocycles. The van der Waals surface area contributed by atoms with Crippen molar-refractivity contribution in [3.63, 3.8) is 0 Å². The molecule has 0 atom stereocenters. The van der Waals surface area contributed by atoms with Gasteiger partial charge in [0.25, 0.3) is 11.8 Å². The number of nitrogens with zero attached hydrogens (tertiary/aromatic N) is 2. The number of nitrogen functional groups attached to an aromatic ring is 1. The van der Waals surface area contributed by atoms with Gasteiger partial charge in [-0.3, -0.25) is 19.7 Å². The van der Waals surface area contributed by atoms with Crippen LogP contribution in [-0.4, -0.2) is 39.7 Å². The molecule has 1 fully saturated rings. The molecule has 2 rings (SSSR count). The number of amides is 3. The SMILES string of the molecule is CC1(C)C(=O)NC(=O)CN1C(=O)c1cccc(NN)n1. The summed E-state index contributed by atoms with van der Waals surface area (Å²) in [6, 6.07) is 4.69. The number of hydrazine groups is 1. The smallest absolute Gasteiger partial charge is 0.273 e. The van der Waals surface area contributed by atoms with Crippen molar-refractivity contribution in [3.8, 4) is 0 Å². The quantitative estimate of drug-likeness (QED) is 0.372. The molecule has 1 aromatic rings. The van der Waals surface area contributed by atoms with Gasteiger partial charge < -0.3 is 10.3 Å². The second-order valence-corrected chi connectivity index (χ2v) is 4.88. The molecule has 3 amide bonds. The van der Waals surface area contributed by atoms with Gasteiger partial charge in [0.15, 0.2) is 0 Å². The molecule has 20 heavy (non-hydrogen) atoms. The first-order valence-electron chi connectivity index (χ1n) is 5.96. The fraction of sp³-hybridized carbons (Fsp3) is 0.333. The lowest BCUT2D eigenvalue weighted by Crippen LogP contribution is -2.65. The molecule has 0 bridgehead atoms. The third kappa shape index (κ3) is 2.32. The fourth-order valence-electron chi connectivity index (χ4n) is 1.88. The number of carbonyl (C=O) groups is 3. The van der Waals surface area contributed by atoms with Crippen molar-refractivity contribution < 1.29 is 14.4 Å². The molecular weight excluding hydrogens is 262 g/mol. The van der Waals surface area contributed by atoms with Crippen LogP contribution in [0.2, 0.25) is 0 Å². The zero-order valence-electron chi connectivity index (χ0n) is 11.1. The molecule has 4 N–H and O–H groups in total. The van der Waals surface area contributed by atoms with Gasteiger partial charge in [0.2, 0.25) is 5.91 Å². The number of carbonyl (C=O) groups excluding carboxylic acids is 3. The molecule has 0 saturated carbocycles. The van der Waals surface area contributed by atoms with E-state index in [2.05, 4.69) is 15.7 Å². The zero-order chi connectivity index (χ0) is 14.9. The summed E-state index contributed by atoms with van der Waals surface area (Å²) in [5.41, 5.74) is 1.32. The second-order valence-electron chi connectivity index (χ2n) is 4.88. The van der Waals surface area contributed by atoms with E-state index in [1.807, 2.05) is 0 Å². The van der Waals surface area contributed by atoms with Crippen LogP contribution < -0.4 is 16.6 Å². The first kappa shape index (κ1) is 13.9. The number of piperazine rings is 1. The van der Waals surface area contributed by atoms with Crippen molar-refractivity contribution in [2.75, 3.05) is 12.0 Å². The van der Waals surface area contributed by atoms with E-state index >= 15 is 0 Å². The summed E-state index contributed by atoms with van der Waals surface area (Å²) in [4.78, 5) is 40.9. The van der Waals surface area contributed by atoms with E-state index in [9.17, 15) is 14.4 Å². The Kier molecular flexibility index (Phi) is 3.41. The molecule has 0 spiro atoms. The Morgan fingerprint density at radius 1 is 1.45 bits per heavy atom. The number of nitrogens with two attached hydrogens (primary N) is 1. The summed E-state index contributed by atoms with van der Waals surface area (Å²) in [5.74, 6) is 4.02. The van der Waals surface area contributed by atoms with Crippen LogP contribution in [0.1, 0.15) is 24.3 Å². The van der Waals surface area contributed by atoms with Gasteiger partial charge in [0.05, 0.1) is 0 Å². The number of hydrogen-bond acceptors (Lipinski definition) is 6. The minimum atomic E-state index is -1.13. The predicted molar refractivity (Wildman–Crippen MR) is 70.3 cm³/mol. The summed E-state index contributed by atoms with van der Waals surface area (Å²) >= 11 is 0. The van der Waals surface area contributed by atoms with Crippen molar-refractivity contribution in [3.05, 3.63) is 23.9 Å². The first-order valence-corrected chi connectivity index (χ1v) is 5.96. The van der Waals surface area contributed by atoms with E-state index in [1.165, 1.54) is 11.0 Å². The molecule has 1 aromatic heterocycles. The third-order valence-corrected chi connectivity index (χ3v) is 3.15. The Balaban J connectivity index is 2.35. The van der Waals surface area contributed by atoms with E-state index in [0.717, 1.165) is 0 Å². The molecule has 1 saturated heterocycles. The van der Waals surface area contributed by atoms with Crippen LogP contribution >= 0.6 is 0 Å². The molecule has 106 valence electrons. The topological polar surface area (TPSA) is 117 Å². The summed E-state index contributed by atoms with van der Waals surface area (Å²) in [6.45, 7) is 2.94. The molecular formula is C12H15N5O3. The molecule has 1 aliphatic rings. The number of rotatable bonds is 2. The van der Waals surface area contributed by atoms with Crippen molar-refractivity contribution >= 4 is 23.5 Å². The normalized spacial score (nSPS) is 17.6. The lowest BCUT2D eigenvalue weighted by molar-refractivity contribution is -0.143. The fourth-order valence-corrected chi connectivity index (χ4v) is 1.88. The number of anilines is 1. The number of imide groups is 1. The van der Waals surface area contributed by atoms with E-state index in [-0.39, 0.29) is 12.2 Å². The van der Waals surface area contributed by atoms with Gasteiger partial charge in [-0.15, -0.1) is 0 Å². The minimum Gasteiger partial charge on any atom is -0.314 e. The van der Waals surface area contributed by atoms with Crippen molar-refractivity contribution in [1.29, 1.82) is 0 Å². The van der Waals surface area contributed by atoms with Crippen molar-refractivity contribution in [2.45, 2.75) is 19.4 Å². The van der Waals surface area contributed by atoms with Gasteiger partial charge in [-0.05, 0) is 26.0 Å². The van der Waals surface area contributed by atoms with Crippen LogP contribution in [0.25, 0.3) is 0 Å². The number of aromatic nitrogens is 1. The maximum Gasteiger partial charge on any atom is 0.273 e. The Hall–Kier alpha value is -2.48. The van der Waals surface area contributed by atoms with Crippen molar-refractivity contribution in [1.82, 2.24) is 15.2 Å². The Bertz CT molecular complexity index is 584. The van der Waals surface area contributed by atoms with Gasteiger partial charge >= 0.3 is 0 Å². The summed E-state index contributed by atoms with van der Waals surface area (Å²) in [6.07, 6.45) is 0. The van der Waals surface area contributed by atoms with Gasteiger partial charge in [-0.1, -0.05) is 6.07 Å². The molecule has 8 heteroatoms. The number of pyridine rings is 1. The number of hydrogen-bond donors (Lipinski definition) is 3. The third-order valence-electron chi connectivity index (χ3n) is 3.15. The average molecular weight is 277 g/mol. The Morgan fingerprint density at radius 3 is 2.80 bits per heavy atom. The van der Waals surface area contributed by atoms with E-state index in [1.54, 1.807) is 26.0 Å². The zero-order valence-corrected chi connectivity index (χ0v) is 11.1. The highest BCUT2D eigenvalue weighted by Gasteiger charge is 2.44. The highest BCUT2D eigenvalue weighted by Crippen LogP contribution is 2.20. The molecule has 0 aromatic carbocycles. The van der Waals surface area contributed by atoms with E-state index < -0.39 is 23.3 Å². The number of nitrogens with one attached hydrogen (secondary N) is 2. The van der Waals surface area contributed by atoms with Crippen LogP contribution in [0.15, 0.2) is 18.2 Å². The van der Waals surface area contributed by atoms with Gasteiger partial charge in [0, 0.05) is 0 Å². The molecule has 1 aliphatic heterocycles. The van der Waals surface area contributed by atoms with Gasteiger partial charge in [-0.2, -0.15) is 0 Å². The highest BCUT2D eigenvalue weighted by molar-refractivity contribution is 6.08. The standard InChI is InChI=1S/C12H15N5O3/c1-12(2)11(20)15-9(18)6-17(12)10(19)7-4-3-5-8(14-7)16-13/h3-5H,6,13H2,1-2H3,(H,14,16)(H,15,18,20). The monoisotopic (exact) mass is 277 g/mol. The van der Waals surface area contributed by atoms with Crippen LogP contribution in [0.4, 0.5) is 5.82 Å². The highest BCUT2D eigenvalue weighted by atomic mass is 16.2.